The van der Waals surface area contributed by atoms with Gasteiger partial charge in [0.2, 0.25) is 0 Å². The van der Waals surface area contributed by atoms with Gasteiger partial charge in [-0.3, -0.25) is 5.01 Å². The van der Waals surface area contributed by atoms with E-state index >= 15 is 0 Å². The van der Waals surface area contributed by atoms with Gasteiger partial charge in [-0.05, 0) is 19.3 Å². The lowest BCUT2D eigenvalue weighted by molar-refractivity contribution is -0.194. The Bertz CT molecular complexity index is 716. The lowest BCUT2D eigenvalue weighted by Gasteiger charge is -2.43. The molecule has 3 N–H and O–H groups in total. The monoisotopic (exact) mass is 379 g/mol. The van der Waals surface area contributed by atoms with Gasteiger partial charge in [0, 0.05) is 29.8 Å². The van der Waals surface area contributed by atoms with E-state index in [1.165, 1.54) is 5.01 Å². The zero-order valence-electron chi connectivity index (χ0n) is 15.2. The van der Waals surface area contributed by atoms with Gasteiger partial charge in [0.05, 0.1) is 6.07 Å². The van der Waals surface area contributed by atoms with Crippen LogP contribution in [0.15, 0.2) is 48.0 Å². The number of allylic oxidation sites excluding steroid dienone is 3. The van der Waals surface area contributed by atoms with E-state index < -0.39 is 18.3 Å². The van der Waals surface area contributed by atoms with Crippen LogP contribution in [0.4, 0.5) is 13.2 Å². The van der Waals surface area contributed by atoms with Gasteiger partial charge in [-0.15, -0.1) is 0 Å². The van der Waals surface area contributed by atoms with Crippen LogP contribution in [0.25, 0.3) is 0 Å². The molecule has 0 spiro atoms. The van der Waals surface area contributed by atoms with Gasteiger partial charge in [0.15, 0.2) is 0 Å². The van der Waals surface area contributed by atoms with Gasteiger partial charge in [-0.25, -0.2) is 5.43 Å². The third-order valence-electron chi connectivity index (χ3n) is 5.25. The molecule has 0 radical (unpaired) electrons. The van der Waals surface area contributed by atoms with E-state index in [0.29, 0.717) is 29.9 Å². The van der Waals surface area contributed by atoms with Crippen molar-refractivity contribution in [1.82, 2.24) is 21.1 Å². The SMILES string of the molecule is C=C(NC(C#N)CC)C1=C2N[C@H](C3C=CC=CC3)C[C@H](C(F)(F)F)N2NC1. The van der Waals surface area contributed by atoms with Crippen molar-refractivity contribution in [3.63, 3.8) is 0 Å². The lowest BCUT2D eigenvalue weighted by atomic mass is 9.86. The maximum absolute atomic E-state index is 13.7. The predicted molar refractivity (Wildman–Crippen MR) is 96.6 cm³/mol. The number of nitriles is 1. The Hall–Kier alpha value is -2.40. The van der Waals surface area contributed by atoms with Gasteiger partial charge < -0.3 is 10.6 Å². The molecule has 2 unspecified atom stereocenters. The molecule has 0 aromatic heterocycles. The fourth-order valence-electron chi connectivity index (χ4n) is 3.71. The molecule has 3 rings (SSSR count). The van der Waals surface area contributed by atoms with Crippen molar-refractivity contribution in [3.8, 4) is 6.07 Å². The van der Waals surface area contributed by atoms with Gasteiger partial charge in [0.25, 0.3) is 0 Å². The molecule has 1 aliphatic carbocycles. The largest absolute Gasteiger partial charge is 0.410 e. The zero-order valence-corrected chi connectivity index (χ0v) is 15.2. The second-order valence-corrected chi connectivity index (χ2v) is 7.00. The predicted octanol–water partition coefficient (Wildman–Crippen LogP) is 2.85. The maximum atomic E-state index is 13.7. The normalized spacial score (nSPS) is 28.4. The minimum absolute atomic E-state index is 0.0000678. The molecule has 1 saturated heterocycles. The quantitative estimate of drug-likeness (QED) is 0.686. The van der Waals surface area contributed by atoms with E-state index in [1.807, 2.05) is 31.2 Å². The molecule has 146 valence electrons. The summed E-state index contributed by atoms with van der Waals surface area (Å²) in [4.78, 5) is 0. The van der Waals surface area contributed by atoms with Crippen molar-refractivity contribution in [2.24, 2.45) is 5.92 Å². The smallest absolute Gasteiger partial charge is 0.370 e. The molecule has 4 atom stereocenters. The average molecular weight is 379 g/mol. The Morgan fingerprint density at radius 1 is 1.48 bits per heavy atom. The molecule has 2 heterocycles. The molecular weight excluding hydrogens is 355 g/mol. The molecule has 2 aliphatic heterocycles. The van der Waals surface area contributed by atoms with E-state index in [9.17, 15) is 13.2 Å². The topological polar surface area (TPSA) is 63.1 Å². The minimum Gasteiger partial charge on any atom is -0.370 e. The number of rotatable bonds is 5. The molecule has 1 fully saturated rings. The summed E-state index contributed by atoms with van der Waals surface area (Å²) in [5, 5.41) is 16.6. The molecule has 3 aliphatic rings. The first-order valence-corrected chi connectivity index (χ1v) is 9.13. The molecule has 8 heteroatoms. The van der Waals surface area contributed by atoms with Crippen LogP contribution in [0.1, 0.15) is 26.2 Å². The molecular formula is C19H24F3N5. The summed E-state index contributed by atoms with van der Waals surface area (Å²) >= 11 is 0. The highest BCUT2D eigenvalue weighted by Crippen LogP contribution is 2.38. The van der Waals surface area contributed by atoms with Crippen molar-refractivity contribution in [3.05, 3.63) is 48.0 Å². The van der Waals surface area contributed by atoms with Gasteiger partial charge in [-0.2, -0.15) is 18.4 Å². The van der Waals surface area contributed by atoms with Crippen LogP contribution in [0.2, 0.25) is 0 Å². The van der Waals surface area contributed by atoms with E-state index in [4.69, 9.17) is 5.26 Å². The summed E-state index contributed by atoms with van der Waals surface area (Å²) in [6.45, 7) is 6.05. The highest BCUT2D eigenvalue weighted by atomic mass is 19.4. The van der Waals surface area contributed by atoms with E-state index in [1.54, 1.807) is 0 Å². The van der Waals surface area contributed by atoms with Gasteiger partial charge in [0.1, 0.15) is 17.9 Å². The van der Waals surface area contributed by atoms with Crippen LogP contribution in [0, 0.1) is 17.2 Å². The molecule has 5 nitrogen and oxygen atoms in total. The van der Waals surface area contributed by atoms with Crippen molar-refractivity contribution < 1.29 is 13.2 Å². The van der Waals surface area contributed by atoms with Crippen LogP contribution < -0.4 is 16.1 Å². The number of nitrogens with zero attached hydrogens (tertiary/aromatic N) is 2. The number of fused-ring (bicyclic) bond motifs is 1. The molecule has 27 heavy (non-hydrogen) atoms. The third kappa shape index (κ3) is 3.98. The van der Waals surface area contributed by atoms with Crippen LogP contribution in [-0.4, -0.2) is 35.9 Å². The Kier molecular flexibility index (Phi) is 5.51. The molecule has 0 saturated carbocycles. The van der Waals surface area contributed by atoms with Crippen molar-refractivity contribution >= 4 is 0 Å². The summed E-state index contributed by atoms with van der Waals surface area (Å²) in [5.41, 5.74) is 3.95. The standard InChI is InChI=1S/C19H24F3N5/c1-3-14(10-23)25-12(2)15-11-24-27-17(19(20,21)22)9-16(26-18(15)27)13-7-5-4-6-8-13/h4-7,13-14,16-17,24-26H,2-3,8-9,11H2,1H3/t13?,14?,16-,17+/m0/s1. The Balaban J connectivity index is 1.89. The highest BCUT2D eigenvalue weighted by Gasteiger charge is 2.51. The first kappa shape index (κ1) is 19.4. The zero-order chi connectivity index (χ0) is 19.6. The summed E-state index contributed by atoms with van der Waals surface area (Å²) in [7, 11) is 0. The minimum atomic E-state index is -4.35. The number of nitrogens with one attached hydrogen (secondary N) is 3. The van der Waals surface area contributed by atoms with Crippen LogP contribution >= 0.6 is 0 Å². The van der Waals surface area contributed by atoms with E-state index in [2.05, 4.69) is 28.7 Å². The van der Waals surface area contributed by atoms with Crippen molar-refractivity contribution in [2.75, 3.05) is 6.54 Å². The Morgan fingerprint density at radius 2 is 2.26 bits per heavy atom. The molecule has 0 amide bonds. The number of alkyl halides is 3. The van der Waals surface area contributed by atoms with E-state index in [0.717, 1.165) is 0 Å². The third-order valence-corrected chi connectivity index (χ3v) is 5.25. The second-order valence-electron chi connectivity index (χ2n) is 7.00. The maximum Gasteiger partial charge on any atom is 0.410 e. The summed E-state index contributed by atoms with van der Waals surface area (Å²) < 4.78 is 41.2. The Morgan fingerprint density at radius 3 is 2.85 bits per heavy atom. The van der Waals surface area contributed by atoms with Crippen molar-refractivity contribution in [2.45, 2.75) is 50.5 Å². The highest BCUT2D eigenvalue weighted by molar-refractivity contribution is 5.37. The fraction of sp³-hybridized carbons (Fsp3) is 0.526. The number of hydrogen-bond donors (Lipinski definition) is 3. The second kappa shape index (κ2) is 7.69. The number of hydrazine groups is 1. The average Bonchev–Trinajstić information content (AvgIpc) is 3.09. The number of hydrogen-bond acceptors (Lipinski definition) is 5. The van der Waals surface area contributed by atoms with Gasteiger partial charge in [-0.1, -0.05) is 37.8 Å². The van der Waals surface area contributed by atoms with Crippen LogP contribution in [-0.2, 0) is 0 Å². The fourth-order valence-corrected chi connectivity index (χ4v) is 3.71. The molecule has 0 aromatic carbocycles. The van der Waals surface area contributed by atoms with Crippen LogP contribution in [0.5, 0.6) is 0 Å². The summed E-state index contributed by atoms with van der Waals surface area (Å²) in [6, 6.07) is -0.240. The lowest BCUT2D eigenvalue weighted by Crippen LogP contribution is -2.60. The van der Waals surface area contributed by atoms with Crippen LogP contribution in [0.3, 0.4) is 0 Å². The Labute approximate surface area is 157 Å². The first-order chi connectivity index (χ1) is 12.8. The van der Waals surface area contributed by atoms with Crippen molar-refractivity contribution in [1.29, 1.82) is 5.26 Å². The first-order valence-electron chi connectivity index (χ1n) is 9.13. The summed E-state index contributed by atoms with van der Waals surface area (Å²) in [6.07, 6.45) is 4.62. The molecule has 0 bridgehead atoms. The number of halogens is 3. The molecule has 0 aromatic rings. The van der Waals surface area contributed by atoms with E-state index in [-0.39, 0.29) is 24.9 Å². The van der Waals surface area contributed by atoms with Gasteiger partial charge >= 0.3 is 6.18 Å². The summed E-state index contributed by atoms with van der Waals surface area (Å²) in [5.74, 6) is 0.405.